The lowest BCUT2D eigenvalue weighted by Gasteiger charge is -2.12. The van der Waals surface area contributed by atoms with E-state index >= 15 is 0 Å². The quantitative estimate of drug-likeness (QED) is 0.167. The first-order chi connectivity index (χ1) is 17.7. The van der Waals surface area contributed by atoms with Gasteiger partial charge in [0.05, 0.1) is 24.3 Å². The van der Waals surface area contributed by atoms with E-state index in [2.05, 4.69) is 76.5 Å². The number of benzene rings is 3. The number of aryl methyl sites for hydroxylation is 1. The van der Waals surface area contributed by atoms with Gasteiger partial charge >= 0.3 is 0 Å². The number of carbonyl (C=O) groups excluding carboxylic acids is 1. The average Bonchev–Trinajstić information content (AvgIpc) is 2.85. The number of halogens is 4. The zero-order valence-electron chi connectivity index (χ0n) is 19.5. The van der Waals surface area contributed by atoms with Crippen molar-refractivity contribution in [1.29, 1.82) is 0 Å². The minimum absolute atomic E-state index is 0.203. The topological polar surface area (TPSA) is 85.6 Å². The van der Waals surface area contributed by atoms with Gasteiger partial charge in [0, 0.05) is 16.6 Å². The first kappa shape index (κ1) is 27.6. The van der Waals surface area contributed by atoms with Gasteiger partial charge in [0.1, 0.15) is 17.4 Å². The van der Waals surface area contributed by atoms with Crippen LogP contribution >= 0.6 is 61.1 Å². The molecule has 0 bridgehead atoms. The molecule has 0 aliphatic rings. The summed E-state index contributed by atoms with van der Waals surface area (Å²) >= 11 is 7.67. The zero-order chi connectivity index (χ0) is 26.5. The number of anilines is 1. The van der Waals surface area contributed by atoms with Crippen LogP contribution < -0.4 is 15.6 Å². The number of carbonyl (C=O) groups is 1. The number of ether oxygens (including phenoxy) is 1. The second kappa shape index (κ2) is 12.4. The molecule has 7 nitrogen and oxygen atoms in total. The third-order valence-electron chi connectivity index (χ3n) is 5.17. The van der Waals surface area contributed by atoms with Crippen molar-refractivity contribution in [3.63, 3.8) is 0 Å². The van der Waals surface area contributed by atoms with Gasteiger partial charge in [0.25, 0.3) is 11.5 Å². The Balaban J connectivity index is 1.54. The second-order valence-corrected chi connectivity index (χ2v) is 11.2. The molecule has 4 aromatic rings. The molecule has 0 saturated heterocycles. The van der Waals surface area contributed by atoms with Crippen molar-refractivity contribution in [2.45, 2.75) is 19.8 Å². The lowest BCUT2D eigenvalue weighted by Crippen LogP contribution is -2.22. The smallest absolute Gasteiger partial charge is 0.282 e. The molecule has 1 aromatic heterocycles. The van der Waals surface area contributed by atoms with E-state index in [4.69, 9.17) is 4.74 Å². The van der Waals surface area contributed by atoms with Gasteiger partial charge in [-0.1, -0.05) is 22.9 Å². The summed E-state index contributed by atoms with van der Waals surface area (Å²) in [5.74, 6) is 0.421. The Bertz CT molecular complexity index is 1540. The first-order valence-corrected chi connectivity index (χ1v) is 14.1. The van der Waals surface area contributed by atoms with Crippen LogP contribution in [0.15, 0.2) is 69.0 Å². The molecule has 1 amide bonds. The van der Waals surface area contributed by atoms with Crippen molar-refractivity contribution in [3.05, 3.63) is 93.8 Å². The molecule has 0 atom stereocenters. The SMILES string of the molecule is CCCc1nc2ccc(Br)cc2c(=O)n1N=Cc1cc(I)c(OCC(=O)Nc2ccc(F)cc2)c(I)c1. The molecule has 3 aromatic carbocycles. The molecule has 0 radical (unpaired) electrons. The van der Waals surface area contributed by atoms with E-state index in [0.29, 0.717) is 34.6 Å². The highest BCUT2D eigenvalue weighted by molar-refractivity contribution is 14.1. The fourth-order valence-corrected chi connectivity index (χ4v) is 5.97. The van der Waals surface area contributed by atoms with Gasteiger partial charge in [-0.3, -0.25) is 9.59 Å². The Morgan fingerprint density at radius 2 is 1.86 bits per heavy atom. The number of nitrogens with zero attached hydrogens (tertiary/aromatic N) is 3. The van der Waals surface area contributed by atoms with E-state index in [1.54, 1.807) is 12.3 Å². The van der Waals surface area contributed by atoms with Crippen molar-refractivity contribution in [2.75, 3.05) is 11.9 Å². The Morgan fingerprint density at radius 1 is 1.16 bits per heavy atom. The number of nitrogens with one attached hydrogen (secondary N) is 1. The molecule has 11 heteroatoms. The summed E-state index contributed by atoms with van der Waals surface area (Å²) in [5.41, 5.74) is 1.65. The van der Waals surface area contributed by atoms with Gasteiger partial charge in [-0.25, -0.2) is 9.37 Å². The van der Waals surface area contributed by atoms with Gasteiger partial charge in [-0.05, 0) is 112 Å². The molecular formula is C26H20BrFI2N4O3. The Kier molecular flexibility index (Phi) is 9.29. The number of amides is 1. The predicted octanol–water partition coefficient (Wildman–Crippen LogP) is 6.36. The molecule has 190 valence electrons. The van der Waals surface area contributed by atoms with Gasteiger partial charge in [-0.2, -0.15) is 9.78 Å². The van der Waals surface area contributed by atoms with Crippen molar-refractivity contribution in [2.24, 2.45) is 5.10 Å². The van der Waals surface area contributed by atoms with Crippen LogP contribution in [0.1, 0.15) is 24.7 Å². The predicted molar refractivity (Wildman–Crippen MR) is 163 cm³/mol. The van der Waals surface area contributed by atoms with Crippen LogP contribution in [0.4, 0.5) is 10.1 Å². The minimum atomic E-state index is -0.376. The summed E-state index contributed by atoms with van der Waals surface area (Å²) in [6.07, 6.45) is 3.04. The standard InChI is InChI=1S/C26H20BrFI2N4O3/c1-2-3-23-33-22-9-4-16(27)12-19(22)26(36)34(23)31-13-15-10-20(29)25(21(30)11-15)37-14-24(35)32-18-7-5-17(28)6-8-18/h4-13H,2-3,14H2,1H3,(H,32,35). The van der Waals surface area contributed by atoms with Crippen LogP contribution in [0.25, 0.3) is 10.9 Å². The van der Waals surface area contributed by atoms with E-state index in [1.807, 2.05) is 31.2 Å². The van der Waals surface area contributed by atoms with Crippen LogP contribution in [0.2, 0.25) is 0 Å². The normalized spacial score (nSPS) is 11.3. The molecule has 1 heterocycles. The maximum atomic E-state index is 13.2. The van der Waals surface area contributed by atoms with Crippen LogP contribution in [0, 0.1) is 13.0 Å². The summed E-state index contributed by atoms with van der Waals surface area (Å²) in [5, 5.41) is 7.63. The minimum Gasteiger partial charge on any atom is -0.482 e. The van der Waals surface area contributed by atoms with E-state index in [1.165, 1.54) is 28.9 Å². The number of rotatable bonds is 8. The number of aromatic nitrogens is 2. The van der Waals surface area contributed by atoms with Gasteiger partial charge in [-0.15, -0.1) is 0 Å². The lowest BCUT2D eigenvalue weighted by molar-refractivity contribution is -0.118. The number of fused-ring (bicyclic) bond motifs is 1. The van der Waals surface area contributed by atoms with E-state index in [-0.39, 0.29) is 23.9 Å². The molecule has 0 aliphatic carbocycles. The third kappa shape index (κ3) is 6.93. The summed E-state index contributed by atoms with van der Waals surface area (Å²) in [4.78, 5) is 30.1. The van der Waals surface area contributed by atoms with Gasteiger partial charge in [0.2, 0.25) is 0 Å². The zero-order valence-corrected chi connectivity index (χ0v) is 25.4. The molecule has 0 saturated carbocycles. The number of hydrogen-bond acceptors (Lipinski definition) is 5. The Labute approximate surface area is 247 Å². The van der Waals surface area contributed by atoms with E-state index in [9.17, 15) is 14.0 Å². The maximum absolute atomic E-state index is 13.2. The van der Waals surface area contributed by atoms with Crippen LogP contribution in [0.3, 0.4) is 0 Å². The summed E-state index contributed by atoms with van der Waals surface area (Å²) in [6.45, 7) is 1.82. The first-order valence-electron chi connectivity index (χ1n) is 11.2. The van der Waals surface area contributed by atoms with Crippen molar-refractivity contribution >= 4 is 89.8 Å². The van der Waals surface area contributed by atoms with Crippen LogP contribution in [0.5, 0.6) is 5.75 Å². The Morgan fingerprint density at radius 3 is 2.54 bits per heavy atom. The fraction of sp³-hybridized carbons (Fsp3) is 0.154. The highest BCUT2D eigenvalue weighted by Gasteiger charge is 2.13. The molecule has 0 unspecified atom stereocenters. The fourth-order valence-electron chi connectivity index (χ4n) is 3.48. The summed E-state index contributed by atoms with van der Waals surface area (Å²) in [7, 11) is 0. The molecule has 1 N–H and O–H groups in total. The lowest BCUT2D eigenvalue weighted by atomic mass is 10.2. The van der Waals surface area contributed by atoms with Crippen LogP contribution in [-0.2, 0) is 11.2 Å². The highest BCUT2D eigenvalue weighted by atomic mass is 127. The van der Waals surface area contributed by atoms with Gasteiger partial charge < -0.3 is 10.1 Å². The molecule has 0 fully saturated rings. The second-order valence-electron chi connectivity index (χ2n) is 7.96. The van der Waals surface area contributed by atoms with Crippen molar-refractivity contribution in [3.8, 4) is 5.75 Å². The van der Waals surface area contributed by atoms with Crippen molar-refractivity contribution < 1.29 is 13.9 Å². The molecule has 0 spiro atoms. The molecule has 37 heavy (non-hydrogen) atoms. The molecule has 0 aliphatic heterocycles. The third-order valence-corrected chi connectivity index (χ3v) is 7.26. The van der Waals surface area contributed by atoms with Crippen molar-refractivity contribution in [1.82, 2.24) is 9.66 Å². The largest absolute Gasteiger partial charge is 0.482 e. The highest BCUT2D eigenvalue weighted by Crippen LogP contribution is 2.28. The maximum Gasteiger partial charge on any atom is 0.282 e. The monoisotopic (exact) mass is 788 g/mol. The summed E-state index contributed by atoms with van der Waals surface area (Å²) < 4.78 is 22.5. The Hall–Kier alpha value is -2.39. The molecule has 4 rings (SSSR count). The number of hydrogen-bond donors (Lipinski definition) is 1. The van der Waals surface area contributed by atoms with E-state index in [0.717, 1.165) is 23.6 Å². The van der Waals surface area contributed by atoms with Crippen LogP contribution in [-0.4, -0.2) is 28.4 Å². The summed E-state index contributed by atoms with van der Waals surface area (Å²) in [6, 6.07) is 14.6. The van der Waals surface area contributed by atoms with E-state index < -0.39 is 0 Å². The van der Waals surface area contributed by atoms with Gasteiger partial charge in [0.15, 0.2) is 6.61 Å². The molecular weight excluding hydrogens is 769 g/mol. The average molecular weight is 789 g/mol.